The maximum atomic E-state index is 13.5. The molecule has 0 fully saturated rings. The number of aromatic nitrogens is 2. The number of thioether (sulfide) groups is 1. The number of hydrogen-bond donors (Lipinski definition) is 1. The Hall–Kier alpha value is -2.97. The van der Waals surface area contributed by atoms with Gasteiger partial charge in [0.15, 0.2) is 5.16 Å². The summed E-state index contributed by atoms with van der Waals surface area (Å²) in [7, 11) is 3.14. The van der Waals surface area contributed by atoms with E-state index in [2.05, 4.69) is 4.98 Å². The zero-order valence-electron chi connectivity index (χ0n) is 17.0. The highest BCUT2D eigenvalue weighted by atomic mass is 32.2. The lowest BCUT2D eigenvalue weighted by atomic mass is 9.95. The van der Waals surface area contributed by atoms with E-state index in [9.17, 15) is 9.90 Å². The van der Waals surface area contributed by atoms with Gasteiger partial charge in [0.1, 0.15) is 23.3 Å². The molecule has 2 heterocycles. The van der Waals surface area contributed by atoms with Crippen molar-refractivity contribution in [3.63, 3.8) is 0 Å². The average Bonchev–Trinajstić information content (AvgIpc) is 3.22. The lowest BCUT2D eigenvalue weighted by molar-refractivity contribution is 0.0531. The van der Waals surface area contributed by atoms with Gasteiger partial charge < -0.3 is 19.5 Å². The summed E-state index contributed by atoms with van der Waals surface area (Å²) >= 11 is 1.47. The molecule has 0 saturated heterocycles. The van der Waals surface area contributed by atoms with Gasteiger partial charge in [-0.25, -0.2) is 4.98 Å². The van der Waals surface area contributed by atoms with Crippen molar-refractivity contribution in [3.8, 4) is 17.2 Å². The molecule has 0 radical (unpaired) electrons. The Bertz CT molecular complexity index is 1070. The number of rotatable bonds is 5. The van der Waals surface area contributed by atoms with Gasteiger partial charge in [-0.2, -0.15) is 0 Å². The smallest absolute Gasteiger partial charge is 0.272 e. The van der Waals surface area contributed by atoms with Crippen LogP contribution < -0.4 is 9.47 Å². The molecule has 7 nitrogen and oxygen atoms in total. The number of aliphatic hydroxyl groups is 1. The zero-order chi connectivity index (χ0) is 21.3. The van der Waals surface area contributed by atoms with Gasteiger partial charge in [0, 0.05) is 16.8 Å². The minimum atomic E-state index is -0.879. The van der Waals surface area contributed by atoms with Crippen molar-refractivity contribution >= 4 is 17.7 Å². The van der Waals surface area contributed by atoms with Crippen LogP contribution in [0.3, 0.4) is 0 Å². The number of ether oxygens (including phenoxy) is 2. The minimum absolute atomic E-state index is 0.157. The van der Waals surface area contributed by atoms with Crippen LogP contribution in [0.1, 0.15) is 27.7 Å². The molecule has 2 aromatic carbocycles. The van der Waals surface area contributed by atoms with Gasteiger partial charge in [-0.1, -0.05) is 30.0 Å². The summed E-state index contributed by atoms with van der Waals surface area (Å²) in [6, 6.07) is 13.2. The molecule has 8 heteroatoms. The van der Waals surface area contributed by atoms with Crippen LogP contribution in [0.5, 0.6) is 11.5 Å². The Balaban J connectivity index is 1.74. The van der Waals surface area contributed by atoms with Gasteiger partial charge in [-0.3, -0.25) is 9.36 Å². The predicted octanol–water partition coefficient (Wildman–Crippen LogP) is 3.30. The number of imidazole rings is 1. The highest BCUT2D eigenvalue weighted by molar-refractivity contribution is 7.98. The van der Waals surface area contributed by atoms with Crippen LogP contribution in [-0.2, 0) is 6.54 Å². The van der Waals surface area contributed by atoms with Crippen LogP contribution in [0.2, 0.25) is 0 Å². The van der Waals surface area contributed by atoms with Gasteiger partial charge in [-0.15, -0.1) is 0 Å². The summed E-state index contributed by atoms with van der Waals surface area (Å²) in [4.78, 5) is 19.5. The minimum Gasteiger partial charge on any atom is -0.496 e. The molecule has 1 aromatic heterocycles. The molecule has 1 N–H and O–H groups in total. The number of para-hydroxylation sites is 1. The number of β-amino-alcohol motifs (C(OH)–C–C–N with tert-alkyl or cyclic N) is 1. The third-order valence-electron chi connectivity index (χ3n) is 5.22. The fourth-order valence-corrected chi connectivity index (χ4v) is 4.39. The summed E-state index contributed by atoms with van der Waals surface area (Å²) < 4.78 is 12.8. The van der Waals surface area contributed by atoms with E-state index in [1.165, 1.54) is 11.8 Å². The fraction of sp³-hybridized carbons (Fsp3) is 0.273. The zero-order valence-corrected chi connectivity index (χ0v) is 17.8. The van der Waals surface area contributed by atoms with E-state index in [4.69, 9.17) is 9.47 Å². The molecule has 1 aliphatic heterocycles. The van der Waals surface area contributed by atoms with E-state index in [-0.39, 0.29) is 12.5 Å². The highest BCUT2D eigenvalue weighted by Crippen LogP contribution is 2.39. The van der Waals surface area contributed by atoms with Crippen LogP contribution in [0, 0.1) is 0 Å². The number of carbonyl (C=O) groups excluding carboxylic acids is 1. The van der Waals surface area contributed by atoms with E-state index >= 15 is 0 Å². The van der Waals surface area contributed by atoms with Crippen molar-refractivity contribution in [2.24, 2.45) is 0 Å². The van der Waals surface area contributed by atoms with Crippen molar-refractivity contribution in [3.05, 3.63) is 65.5 Å². The van der Waals surface area contributed by atoms with Crippen LogP contribution in [-0.4, -0.2) is 52.5 Å². The van der Waals surface area contributed by atoms with Crippen LogP contribution in [0.4, 0.5) is 0 Å². The van der Waals surface area contributed by atoms with Crippen molar-refractivity contribution in [1.29, 1.82) is 0 Å². The Morgan fingerprint density at radius 1 is 1.13 bits per heavy atom. The van der Waals surface area contributed by atoms with E-state index in [0.29, 0.717) is 29.3 Å². The maximum absolute atomic E-state index is 13.5. The molecule has 1 aliphatic rings. The highest BCUT2D eigenvalue weighted by Gasteiger charge is 2.33. The molecule has 0 saturated carbocycles. The molecule has 0 unspecified atom stereocenters. The first-order chi connectivity index (χ1) is 14.6. The van der Waals surface area contributed by atoms with Crippen LogP contribution in [0.15, 0.2) is 53.8 Å². The third-order valence-corrected chi connectivity index (χ3v) is 5.88. The first-order valence-corrected chi connectivity index (χ1v) is 10.7. The molecule has 3 aromatic rings. The second kappa shape index (κ2) is 8.41. The molecule has 30 heavy (non-hydrogen) atoms. The van der Waals surface area contributed by atoms with E-state index in [1.807, 2.05) is 41.2 Å². The number of aliphatic hydroxyl groups excluding tert-OH is 1. The largest absolute Gasteiger partial charge is 0.496 e. The van der Waals surface area contributed by atoms with Crippen molar-refractivity contribution in [1.82, 2.24) is 14.5 Å². The topological polar surface area (TPSA) is 76.8 Å². The van der Waals surface area contributed by atoms with Crippen LogP contribution >= 0.6 is 11.8 Å². The summed E-state index contributed by atoms with van der Waals surface area (Å²) in [6.07, 6.45) is 2.64. The predicted molar refractivity (Wildman–Crippen MR) is 115 cm³/mol. The summed E-state index contributed by atoms with van der Waals surface area (Å²) in [5.74, 6) is 0.995. The number of methoxy groups -OCH3 is 2. The first kappa shape index (κ1) is 20.3. The molecule has 1 amide bonds. The number of benzene rings is 2. The van der Waals surface area contributed by atoms with Gasteiger partial charge in [0.05, 0.1) is 33.5 Å². The average molecular weight is 426 g/mol. The van der Waals surface area contributed by atoms with Crippen molar-refractivity contribution in [2.75, 3.05) is 27.0 Å². The summed E-state index contributed by atoms with van der Waals surface area (Å²) in [5.41, 5.74) is 2.73. The third kappa shape index (κ3) is 3.42. The summed E-state index contributed by atoms with van der Waals surface area (Å²) in [6.45, 7) is 0.462. The molecule has 0 aliphatic carbocycles. The monoisotopic (exact) mass is 425 g/mol. The standard InChI is InChI=1S/C22H23N3O4S/c1-28-18-9-10-19(29-2)20-15(18)12-24(13-17(20)26)21(27)16-11-23-22(30-3)25(16)14-7-5-4-6-8-14/h4-11,17,26H,12-13H2,1-3H3/t17-/m1/s1. The number of amides is 1. The van der Waals surface area contributed by atoms with E-state index in [0.717, 1.165) is 16.4 Å². The van der Waals surface area contributed by atoms with Crippen LogP contribution in [0.25, 0.3) is 5.69 Å². The SMILES string of the molecule is COc1ccc(OC)c2c1CN(C(=O)c1cnc(SC)n1-c1ccccc1)C[C@H]2O. The van der Waals surface area contributed by atoms with Gasteiger partial charge in [0.25, 0.3) is 5.91 Å². The van der Waals surface area contributed by atoms with Crippen molar-refractivity contribution < 1.29 is 19.4 Å². The lowest BCUT2D eigenvalue weighted by Crippen LogP contribution is -2.39. The molecule has 1 atom stereocenters. The molecule has 4 rings (SSSR count). The fourth-order valence-electron chi connectivity index (χ4n) is 3.85. The second-order valence-corrected chi connectivity index (χ2v) is 7.64. The molecule has 0 spiro atoms. The molecular formula is C22H23N3O4S. The van der Waals surface area contributed by atoms with Gasteiger partial charge in [0.2, 0.25) is 0 Å². The van der Waals surface area contributed by atoms with Gasteiger partial charge in [-0.05, 0) is 30.5 Å². The Morgan fingerprint density at radius 2 is 1.83 bits per heavy atom. The lowest BCUT2D eigenvalue weighted by Gasteiger charge is -2.34. The Kier molecular flexibility index (Phi) is 5.69. The van der Waals surface area contributed by atoms with E-state index < -0.39 is 6.10 Å². The molecular weight excluding hydrogens is 402 g/mol. The maximum Gasteiger partial charge on any atom is 0.272 e. The number of nitrogens with zero attached hydrogens (tertiary/aromatic N) is 3. The second-order valence-electron chi connectivity index (χ2n) is 6.86. The molecule has 0 bridgehead atoms. The van der Waals surface area contributed by atoms with Crippen molar-refractivity contribution in [2.45, 2.75) is 17.8 Å². The number of hydrogen-bond acceptors (Lipinski definition) is 6. The summed E-state index contributed by atoms with van der Waals surface area (Å²) in [5, 5.41) is 11.6. The quantitative estimate of drug-likeness (QED) is 0.632. The normalized spacial score (nSPS) is 15.6. The molecule has 156 valence electrons. The Morgan fingerprint density at radius 3 is 2.50 bits per heavy atom. The number of carbonyl (C=O) groups is 1. The number of fused-ring (bicyclic) bond motifs is 1. The first-order valence-electron chi connectivity index (χ1n) is 9.47. The van der Waals surface area contributed by atoms with Gasteiger partial charge >= 0.3 is 0 Å². The Labute approximate surface area is 179 Å². The van der Waals surface area contributed by atoms with E-state index in [1.54, 1.807) is 37.4 Å².